The van der Waals surface area contributed by atoms with Gasteiger partial charge in [0.2, 0.25) is 0 Å². The van der Waals surface area contributed by atoms with Gasteiger partial charge in [0.25, 0.3) is 5.91 Å². The summed E-state index contributed by atoms with van der Waals surface area (Å²) in [6, 6.07) is -0.143. The maximum absolute atomic E-state index is 11.9. The summed E-state index contributed by atoms with van der Waals surface area (Å²) in [6.45, 7) is 9.00. The summed E-state index contributed by atoms with van der Waals surface area (Å²) in [5, 5.41) is 0. The molecule has 0 radical (unpaired) electrons. The van der Waals surface area contributed by atoms with E-state index in [0.29, 0.717) is 0 Å². The first-order valence-electron chi connectivity index (χ1n) is 4.87. The van der Waals surface area contributed by atoms with Crippen molar-refractivity contribution in [1.82, 2.24) is 4.90 Å². The van der Waals surface area contributed by atoms with Gasteiger partial charge in [0.1, 0.15) is 0 Å². The largest absolute Gasteiger partial charge is 0.432 e. The normalized spacial score (nSPS) is 27.8. The Morgan fingerprint density at radius 3 is 1.93 bits per heavy atom. The van der Waals surface area contributed by atoms with Crippen molar-refractivity contribution in [3.63, 3.8) is 0 Å². The van der Waals surface area contributed by atoms with E-state index in [2.05, 4.69) is 0 Å². The molecule has 1 aliphatic rings. The van der Waals surface area contributed by atoms with E-state index in [9.17, 15) is 9.59 Å². The molecule has 0 spiro atoms. The lowest BCUT2D eigenvalue weighted by molar-refractivity contribution is -0.139. The van der Waals surface area contributed by atoms with Crippen LogP contribution >= 0.6 is 0 Å². The Bertz CT molecular complexity index is 273. The molecule has 80 valence electrons. The molecule has 14 heavy (non-hydrogen) atoms. The molecule has 1 rings (SSSR count). The molecule has 1 fully saturated rings. The molecule has 0 aromatic heterocycles. The molecule has 2 amide bonds. The molecule has 1 aliphatic heterocycles. The lowest BCUT2D eigenvalue weighted by atomic mass is 9.91. The number of cyclic esters (lactones) is 1. The van der Waals surface area contributed by atoms with Crippen LogP contribution in [0.5, 0.6) is 0 Å². The zero-order chi connectivity index (χ0) is 11.1. The molecular formula is C10H17NO3. The number of hydrogen-bond acceptors (Lipinski definition) is 3. The average Bonchev–Trinajstić information content (AvgIpc) is 2.24. The highest BCUT2D eigenvalue weighted by molar-refractivity contribution is 6.03. The standard InChI is InChI=1S/C10H17NO3/c1-6(2)10(5)8(12)11(7(3)4)9(13)14-10/h6-7H,1-5H3/t10-/m0/s1. The highest BCUT2D eigenvalue weighted by Crippen LogP contribution is 2.32. The molecule has 0 unspecified atom stereocenters. The second-order valence-electron chi connectivity index (χ2n) is 4.40. The Morgan fingerprint density at radius 2 is 1.71 bits per heavy atom. The van der Waals surface area contributed by atoms with Crippen LogP contribution in [0.4, 0.5) is 4.79 Å². The molecule has 0 N–H and O–H groups in total. The molecule has 1 atom stereocenters. The minimum atomic E-state index is -0.985. The molecule has 1 heterocycles. The molecule has 1 saturated heterocycles. The average molecular weight is 199 g/mol. The van der Waals surface area contributed by atoms with E-state index in [1.165, 1.54) is 4.90 Å². The van der Waals surface area contributed by atoms with Crippen molar-refractivity contribution in [2.24, 2.45) is 5.92 Å². The number of carbonyl (C=O) groups is 2. The number of amides is 2. The summed E-state index contributed by atoms with van der Waals surface area (Å²) in [7, 11) is 0. The fourth-order valence-electron chi connectivity index (χ4n) is 1.41. The first-order valence-corrected chi connectivity index (χ1v) is 4.87. The van der Waals surface area contributed by atoms with Gasteiger partial charge < -0.3 is 4.74 Å². The third-order valence-electron chi connectivity index (χ3n) is 2.76. The van der Waals surface area contributed by atoms with Gasteiger partial charge in [-0.2, -0.15) is 0 Å². The lowest BCUT2D eigenvalue weighted by Crippen LogP contribution is -2.44. The lowest BCUT2D eigenvalue weighted by Gasteiger charge is -2.24. The molecule has 0 aromatic rings. The van der Waals surface area contributed by atoms with Gasteiger partial charge in [0, 0.05) is 12.0 Å². The number of hydrogen-bond donors (Lipinski definition) is 0. The van der Waals surface area contributed by atoms with Crippen LogP contribution in [-0.2, 0) is 9.53 Å². The van der Waals surface area contributed by atoms with Crippen molar-refractivity contribution in [2.75, 3.05) is 0 Å². The van der Waals surface area contributed by atoms with Gasteiger partial charge in [-0.1, -0.05) is 13.8 Å². The minimum Gasteiger partial charge on any atom is -0.432 e. The predicted octanol–water partition coefficient (Wildman–Crippen LogP) is 1.79. The summed E-state index contributed by atoms with van der Waals surface area (Å²) in [6.07, 6.45) is -0.527. The minimum absolute atomic E-state index is 0.0114. The molecule has 0 saturated carbocycles. The van der Waals surface area contributed by atoms with Crippen molar-refractivity contribution in [3.05, 3.63) is 0 Å². The second-order valence-corrected chi connectivity index (χ2v) is 4.40. The van der Waals surface area contributed by atoms with Gasteiger partial charge in [-0.3, -0.25) is 4.79 Å². The molecular weight excluding hydrogens is 182 g/mol. The highest BCUT2D eigenvalue weighted by Gasteiger charge is 2.53. The maximum Gasteiger partial charge on any atom is 0.417 e. The Hall–Kier alpha value is -1.06. The van der Waals surface area contributed by atoms with E-state index in [0.717, 1.165) is 0 Å². The fourth-order valence-corrected chi connectivity index (χ4v) is 1.41. The van der Waals surface area contributed by atoms with Crippen molar-refractivity contribution >= 4 is 12.0 Å². The van der Waals surface area contributed by atoms with Crippen molar-refractivity contribution in [1.29, 1.82) is 0 Å². The Balaban J connectivity index is 3.01. The van der Waals surface area contributed by atoms with Crippen LogP contribution < -0.4 is 0 Å². The molecule has 4 nitrogen and oxygen atoms in total. The van der Waals surface area contributed by atoms with Crippen molar-refractivity contribution in [2.45, 2.75) is 46.3 Å². The predicted molar refractivity (Wildman–Crippen MR) is 51.7 cm³/mol. The number of nitrogens with zero attached hydrogens (tertiary/aromatic N) is 1. The van der Waals surface area contributed by atoms with Gasteiger partial charge in [-0.05, 0) is 20.8 Å². The van der Waals surface area contributed by atoms with E-state index in [1.807, 2.05) is 13.8 Å². The van der Waals surface area contributed by atoms with E-state index in [4.69, 9.17) is 4.74 Å². The Labute approximate surface area is 84.2 Å². The Kier molecular flexibility index (Phi) is 2.56. The number of ether oxygens (including phenoxy) is 1. The SMILES string of the molecule is CC(C)N1C(=O)O[C@@](C)(C(C)C)C1=O. The van der Waals surface area contributed by atoms with E-state index < -0.39 is 11.7 Å². The summed E-state index contributed by atoms with van der Waals surface area (Å²) in [5.41, 5.74) is -0.985. The van der Waals surface area contributed by atoms with Crippen LogP contribution in [0.25, 0.3) is 0 Å². The highest BCUT2D eigenvalue weighted by atomic mass is 16.6. The zero-order valence-electron chi connectivity index (χ0n) is 9.33. The van der Waals surface area contributed by atoms with Crippen LogP contribution in [0.2, 0.25) is 0 Å². The van der Waals surface area contributed by atoms with Gasteiger partial charge >= 0.3 is 6.09 Å². The zero-order valence-corrected chi connectivity index (χ0v) is 9.33. The summed E-state index contributed by atoms with van der Waals surface area (Å²) in [5.74, 6) is -0.241. The van der Waals surface area contributed by atoms with E-state index in [-0.39, 0.29) is 17.9 Å². The van der Waals surface area contributed by atoms with Crippen LogP contribution in [0.15, 0.2) is 0 Å². The maximum atomic E-state index is 11.9. The first-order chi connectivity index (χ1) is 6.30. The van der Waals surface area contributed by atoms with Gasteiger partial charge in [0.05, 0.1) is 0 Å². The smallest absolute Gasteiger partial charge is 0.417 e. The topological polar surface area (TPSA) is 46.6 Å². The molecule has 4 heteroatoms. The molecule has 0 aliphatic carbocycles. The number of carbonyl (C=O) groups excluding carboxylic acids is 2. The van der Waals surface area contributed by atoms with Crippen LogP contribution in [0, 0.1) is 5.92 Å². The van der Waals surface area contributed by atoms with E-state index >= 15 is 0 Å². The summed E-state index contributed by atoms with van der Waals surface area (Å²) >= 11 is 0. The number of rotatable bonds is 2. The summed E-state index contributed by atoms with van der Waals surface area (Å²) in [4.78, 5) is 24.5. The fraction of sp³-hybridized carbons (Fsp3) is 0.800. The van der Waals surface area contributed by atoms with Gasteiger partial charge in [-0.15, -0.1) is 0 Å². The van der Waals surface area contributed by atoms with Crippen LogP contribution in [0.1, 0.15) is 34.6 Å². The molecule has 0 bridgehead atoms. The third kappa shape index (κ3) is 1.38. The van der Waals surface area contributed by atoms with Gasteiger partial charge in [0.15, 0.2) is 5.60 Å². The monoisotopic (exact) mass is 199 g/mol. The molecule has 0 aromatic carbocycles. The third-order valence-corrected chi connectivity index (χ3v) is 2.76. The van der Waals surface area contributed by atoms with Crippen LogP contribution in [0.3, 0.4) is 0 Å². The summed E-state index contributed by atoms with van der Waals surface area (Å²) < 4.78 is 5.13. The van der Waals surface area contributed by atoms with Gasteiger partial charge in [-0.25, -0.2) is 9.69 Å². The second kappa shape index (κ2) is 3.26. The van der Waals surface area contributed by atoms with Crippen molar-refractivity contribution < 1.29 is 14.3 Å². The first kappa shape index (κ1) is 11.0. The van der Waals surface area contributed by atoms with Crippen molar-refractivity contribution in [3.8, 4) is 0 Å². The van der Waals surface area contributed by atoms with Crippen LogP contribution in [-0.4, -0.2) is 28.5 Å². The Morgan fingerprint density at radius 1 is 1.21 bits per heavy atom. The quantitative estimate of drug-likeness (QED) is 0.681. The van der Waals surface area contributed by atoms with E-state index in [1.54, 1.807) is 20.8 Å². The number of imide groups is 1.